The van der Waals surface area contributed by atoms with E-state index in [2.05, 4.69) is 0 Å². The molecule has 25 heavy (non-hydrogen) atoms. The summed E-state index contributed by atoms with van der Waals surface area (Å²) < 4.78 is 43.7. The number of ether oxygens (including phenoxy) is 1. The normalized spacial score (nSPS) is 17.7. The Hall–Kier alpha value is -1.98. The molecule has 0 atom stereocenters. The van der Waals surface area contributed by atoms with Crippen LogP contribution in [0.2, 0.25) is 0 Å². The molecule has 0 spiro atoms. The average molecular weight is 355 g/mol. The summed E-state index contributed by atoms with van der Waals surface area (Å²) in [6, 6.07) is 5.35. The number of allylic oxidation sites excluding steroid dienone is 1. The zero-order chi connectivity index (χ0) is 18.7. The van der Waals surface area contributed by atoms with E-state index in [-0.39, 0.29) is 6.09 Å². The van der Waals surface area contributed by atoms with Crippen LogP contribution in [0.25, 0.3) is 0 Å². The Morgan fingerprint density at radius 3 is 2.64 bits per heavy atom. The van der Waals surface area contributed by atoms with Crippen molar-refractivity contribution in [3.63, 3.8) is 0 Å². The van der Waals surface area contributed by atoms with Gasteiger partial charge in [0.25, 0.3) is 0 Å². The van der Waals surface area contributed by atoms with Crippen LogP contribution in [0.4, 0.5) is 18.0 Å². The van der Waals surface area contributed by atoms with E-state index in [0.717, 1.165) is 24.5 Å². The van der Waals surface area contributed by atoms with Gasteiger partial charge in [0.05, 0.1) is 5.56 Å². The molecule has 0 N–H and O–H groups in total. The van der Waals surface area contributed by atoms with Crippen molar-refractivity contribution in [1.29, 1.82) is 0 Å². The van der Waals surface area contributed by atoms with Gasteiger partial charge in [-0.15, -0.1) is 0 Å². The van der Waals surface area contributed by atoms with Gasteiger partial charge in [-0.25, -0.2) is 4.79 Å². The van der Waals surface area contributed by atoms with Gasteiger partial charge in [-0.1, -0.05) is 29.8 Å². The van der Waals surface area contributed by atoms with Crippen molar-refractivity contribution in [2.24, 2.45) is 0 Å². The molecule has 1 aromatic carbocycles. The number of hydrogen-bond acceptors (Lipinski definition) is 2. The lowest BCUT2D eigenvalue weighted by molar-refractivity contribution is -0.137. The summed E-state index contributed by atoms with van der Waals surface area (Å²) in [5.41, 5.74) is 0.477. The highest BCUT2D eigenvalue weighted by Gasteiger charge is 2.30. The Labute approximate surface area is 146 Å². The van der Waals surface area contributed by atoms with Gasteiger partial charge in [-0.2, -0.15) is 13.2 Å². The maximum Gasteiger partial charge on any atom is 0.416 e. The molecule has 1 heterocycles. The SMILES string of the molecule is CC(C)(C)OC(=O)N1CCC/C(=C/Cc2cccc(C(F)(F)F)c2)C1. The van der Waals surface area contributed by atoms with E-state index >= 15 is 0 Å². The highest BCUT2D eigenvalue weighted by molar-refractivity contribution is 5.68. The molecule has 138 valence electrons. The van der Waals surface area contributed by atoms with Crippen molar-refractivity contribution >= 4 is 6.09 Å². The van der Waals surface area contributed by atoms with E-state index < -0.39 is 17.3 Å². The van der Waals surface area contributed by atoms with Crippen molar-refractivity contribution in [2.75, 3.05) is 13.1 Å². The molecule has 0 bridgehead atoms. The number of carbonyl (C=O) groups is 1. The summed E-state index contributed by atoms with van der Waals surface area (Å²) in [6.07, 6.45) is -0.668. The second-order valence-electron chi connectivity index (χ2n) is 7.27. The number of rotatable bonds is 2. The number of piperidine rings is 1. The van der Waals surface area contributed by atoms with E-state index in [4.69, 9.17) is 4.74 Å². The highest BCUT2D eigenvalue weighted by Crippen LogP contribution is 2.29. The number of likely N-dealkylation sites (tertiary alicyclic amines) is 1. The van der Waals surface area contributed by atoms with Crippen molar-refractivity contribution in [3.05, 3.63) is 47.0 Å². The lowest BCUT2D eigenvalue weighted by Crippen LogP contribution is -2.40. The first kappa shape index (κ1) is 19.3. The summed E-state index contributed by atoms with van der Waals surface area (Å²) in [5.74, 6) is 0. The lowest BCUT2D eigenvalue weighted by Gasteiger charge is -2.31. The first-order valence-electron chi connectivity index (χ1n) is 8.36. The predicted octanol–water partition coefficient (Wildman–Crippen LogP) is 5.21. The van der Waals surface area contributed by atoms with E-state index in [1.54, 1.807) is 11.0 Å². The zero-order valence-electron chi connectivity index (χ0n) is 14.8. The van der Waals surface area contributed by atoms with Crippen LogP contribution in [0.3, 0.4) is 0 Å². The van der Waals surface area contributed by atoms with Crippen LogP contribution >= 0.6 is 0 Å². The van der Waals surface area contributed by atoms with E-state index in [0.29, 0.717) is 25.1 Å². The van der Waals surface area contributed by atoms with Crippen molar-refractivity contribution in [2.45, 2.75) is 51.8 Å². The number of amides is 1. The van der Waals surface area contributed by atoms with Gasteiger partial charge in [-0.05, 0) is 51.7 Å². The Morgan fingerprint density at radius 1 is 1.28 bits per heavy atom. The molecule has 2 rings (SSSR count). The van der Waals surface area contributed by atoms with Gasteiger partial charge in [0.2, 0.25) is 0 Å². The third kappa shape index (κ3) is 6.11. The molecule has 1 saturated heterocycles. The summed E-state index contributed by atoms with van der Waals surface area (Å²) in [6.45, 7) is 6.56. The summed E-state index contributed by atoms with van der Waals surface area (Å²) in [4.78, 5) is 13.8. The minimum absolute atomic E-state index is 0.350. The van der Waals surface area contributed by atoms with Gasteiger partial charge < -0.3 is 9.64 Å². The molecule has 1 amide bonds. The monoisotopic (exact) mass is 355 g/mol. The second-order valence-corrected chi connectivity index (χ2v) is 7.27. The average Bonchev–Trinajstić information content (AvgIpc) is 2.51. The van der Waals surface area contributed by atoms with Crippen LogP contribution in [0.15, 0.2) is 35.9 Å². The summed E-state index contributed by atoms with van der Waals surface area (Å²) in [5, 5.41) is 0. The molecule has 1 fully saturated rings. The fraction of sp³-hybridized carbons (Fsp3) is 0.526. The Morgan fingerprint density at radius 2 is 2.00 bits per heavy atom. The Kier molecular flexibility index (Phi) is 5.80. The molecular formula is C19H24F3NO2. The number of halogens is 3. The van der Waals surface area contributed by atoms with Gasteiger partial charge in [-0.3, -0.25) is 0 Å². The number of carbonyl (C=O) groups excluding carboxylic acids is 1. The Bertz CT molecular complexity index is 645. The number of hydrogen-bond donors (Lipinski definition) is 0. The van der Waals surface area contributed by atoms with Crippen molar-refractivity contribution in [1.82, 2.24) is 4.90 Å². The van der Waals surface area contributed by atoms with Gasteiger partial charge >= 0.3 is 12.3 Å². The maximum atomic E-state index is 12.8. The molecule has 1 aliphatic heterocycles. The van der Waals surface area contributed by atoms with E-state index in [1.165, 1.54) is 12.1 Å². The quantitative estimate of drug-likeness (QED) is 0.682. The molecule has 0 unspecified atom stereocenters. The van der Waals surface area contributed by atoms with Crippen molar-refractivity contribution < 1.29 is 22.7 Å². The third-order valence-corrected chi connectivity index (χ3v) is 3.85. The maximum absolute atomic E-state index is 12.8. The van der Waals surface area contributed by atoms with E-state index in [1.807, 2.05) is 26.8 Å². The third-order valence-electron chi connectivity index (χ3n) is 3.85. The fourth-order valence-electron chi connectivity index (χ4n) is 2.69. The predicted molar refractivity (Wildman–Crippen MR) is 90.3 cm³/mol. The van der Waals surface area contributed by atoms with Gasteiger partial charge in [0.1, 0.15) is 5.60 Å². The van der Waals surface area contributed by atoms with E-state index in [9.17, 15) is 18.0 Å². The van der Waals surface area contributed by atoms with Gasteiger partial charge in [0.15, 0.2) is 0 Å². The molecule has 0 radical (unpaired) electrons. The number of benzene rings is 1. The molecule has 0 saturated carbocycles. The van der Waals surface area contributed by atoms with Crippen LogP contribution in [0, 0.1) is 0 Å². The molecule has 1 aliphatic rings. The van der Waals surface area contributed by atoms with Crippen LogP contribution in [-0.2, 0) is 17.3 Å². The first-order chi connectivity index (χ1) is 11.5. The first-order valence-corrected chi connectivity index (χ1v) is 8.36. The molecule has 0 aliphatic carbocycles. The zero-order valence-corrected chi connectivity index (χ0v) is 14.8. The molecule has 3 nitrogen and oxygen atoms in total. The van der Waals surface area contributed by atoms with Crippen LogP contribution in [0.5, 0.6) is 0 Å². The number of alkyl halides is 3. The minimum Gasteiger partial charge on any atom is -0.444 e. The summed E-state index contributed by atoms with van der Waals surface area (Å²) in [7, 11) is 0. The fourth-order valence-corrected chi connectivity index (χ4v) is 2.69. The highest BCUT2D eigenvalue weighted by atomic mass is 19.4. The smallest absolute Gasteiger partial charge is 0.416 e. The van der Waals surface area contributed by atoms with Crippen LogP contribution in [-0.4, -0.2) is 29.7 Å². The minimum atomic E-state index is -4.33. The van der Waals surface area contributed by atoms with Gasteiger partial charge in [0, 0.05) is 13.1 Å². The molecule has 1 aromatic rings. The second kappa shape index (κ2) is 7.50. The Balaban J connectivity index is 2.01. The standard InChI is InChI=1S/C19H24F3NO2/c1-18(2,3)25-17(24)23-11-5-7-15(13-23)10-9-14-6-4-8-16(12-14)19(20,21)22/h4,6,8,10,12H,5,7,9,11,13H2,1-3H3/b15-10-. The molecular weight excluding hydrogens is 331 g/mol. The molecule has 0 aromatic heterocycles. The van der Waals surface area contributed by atoms with Crippen molar-refractivity contribution in [3.8, 4) is 0 Å². The van der Waals surface area contributed by atoms with Crippen LogP contribution in [0.1, 0.15) is 44.7 Å². The largest absolute Gasteiger partial charge is 0.444 e. The lowest BCUT2D eigenvalue weighted by atomic mass is 10.0. The molecule has 6 heteroatoms. The topological polar surface area (TPSA) is 29.5 Å². The van der Waals surface area contributed by atoms with Crippen LogP contribution < -0.4 is 0 Å². The summed E-state index contributed by atoms with van der Waals surface area (Å²) >= 11 is 0. The number of nitrogens with zero attached hydrogens (tertiary/aromatic N) is 1.